The number of aliphatic hydroxyl groups is 1. The van der Waals surface area contributed by atoms with E-state index in [2.05, 4.69) is 0 Å². The quantitative estimate of drug-likeness (QED) is 0.926. The maximum Gasteiger partial charge on any atom is 0.162 e. The lowest BCUT2D eigenvalue weighted by Crippen LogP contribution is -2.35. The average Bonchev–Trinajstić information content (AvgIpc) is 2.83. The van der Waals surface area contributed by atoms with Crippen LogP contribution in [-0.4, -0.2) is 10.9 Å². The fraction of sp³-hybridized carbons (Fsp3) is 0.250. The fourth-order valence-electron chi connectivity index (χ4n) is 3.36. The standard InChI is InChI=1S/C20H20O2/c1-2-9-17-19(21)14-18(15-10-5-3-6-11-15)20(17,22)16-12-7-4-8-13-16/h3-8,10-14,17,22H,2,9H2,1H3/t17-,20-/m1/s1. The molecule has 112 valence electrons. The second-order valence-corrected chi connectivity index (χ2v) is 5.80. The normalized spacial score (nSPS) is 24.4. The molecule has 0 aliphatic heterocycles. The summed E-state index contributed by atoms with van der Waals surface area (Å²) in [5, 5.41) is 11.5. The van der Waals surface area contributed by atoms with Gasteiger partial charge in [-0.2, -0.15) is 0 Å². The van der Waals surface area contributed by atoms with Crippen molar-refractivity contribution in [2.45, 2.75) is 25.4 Å². The maximum absolute atomic E-state index is 12.5. The summed E-state index contributed by atoms with van der Waals surface area (Å²) in [6, 6.07) is 19.2. The van der Waals surface area contributed by atoms with Crippen molar-refractivity contribution in [1.29, 1.82) is 0 Å². The van der Waals surface area contributed by atoms with Crippen LogP contribution in [0, 0.1) is 5.92 Å². The first-order valence-electron chi connectivity index (χ1n) is 7.77. The van der Waals surface area contributed by atoms with Gasteiger partial charge in [0.2, 0.25) is 0 Å². The summed E-state index contributed by atoms with van der Waals surface area (Å²) in [5.41, 5.74) is 1.16. The van der Waals surface area contributed by atoms with Gasteiger partial charge in [-0.15, -0.1) is 0 Å². The lowest BCUT2D eigenvalue weighted by molar-refractivity contribution is -0.123. The summed E-state index contributed by atoms with van der Waals surface area (Å²) < 4.78 is 0. The van der Waals surface area contributed by atoms with Gasteiger partial charge in [-0.25, -0.2) is 0 Å². The molecule has 0 unspecified atom stereocenters. The molecule has 0 spiro atoms. The Morgan fingerprint density at radius 1 is 1.00 bits per heavy atom. The first kappa shape index (κ1) is 14.7. The number of carbonyl (C=O) groups is 1. The zero-order chi connectivity index (χ0) is 15.6. The molecule has 0 bridgehead atoms. The van der Waals surface area contributed by atoms with Crippen LogP contribution < -0.4 is 0 Å². The number of ketones is 1. The molecule has 0 saturated heterocycles. The van der Waals surface area contributed by atoms with Crippen LogP contribution in [0.3, 0.4) is 0 Å². The summed E-state index contributed by atoms with van der Waals surface area (Å²) in [6.45, 7) is 2.04. The van der Waals surface area contributed by atoms with Gasteiger partial charge in [-0.05, 0) is 29.2 Å². The van der Waals surface area contributed by atoms with Crippen LogP contribution in [-0.2, 0) is 10.4 Å². The minimum absolute atomic E-state index is 0.0204. The molecule has 0 amide bonds. The molecule has 0 saturated carbocycles. The molecule has 2 aromatic rings. The number of rotatable bonds is 4. The van der Waals surface area contributed by atoms with Gasteiger partial charge in [0.1, 0.15) is 5.60 Å². The topological polar surface area (TPSA) is 37.3 Å². The zero-order valence-corrected chi connectivity index (χ0v) is 12.7. The Kier molecular flexibility index (Phi) is 3.95. The summed E-state index contributed by atoms with van der Waals surface area (Å²) in [5.74, 6) is -0.387. The Bertz CT molecular complexity index is 688. The van der Waals surface area contributed by atoms with Crippen molar-refractivity contribution in [2.24, 2.45) is 5.92 Å². The molecule has 2 aromatic carbocycles. The summed E-state index contributed by atoms with van der Waals surface area (Å²) in [7, 11) is 0. The summed E-state index contributed by atoms with van der Waals surface area (Å²) in [6.07, 6.45) is 3.17. The van der Waals surface area contributed by atoms with Crippen molar-refractivity contribution in [3.05, 3.63) is 77.9 Å². The number of hydrogen-bond acceptors (Lipinski definition) is 2. The number of hydrogen-bond donors (Lipinski definition) is 1. The summed E-state index contributed by atoms with van der Waals surface area (Å²) >= 11 is 0. The van der Waals surface area contributed by atoms with E-state index in [9.17, 15) is 9.90 Å². The number of allylic oxidation sites excluding steroid dienone is 1. The van der Waals surface area contributed by atoms with Gasteiger partial charge in [-0.3, -0.25) is 4.79 Å². The molecule has 0 fully saturated rings. The fourth-order valence-corrected chi connectivity index (χ4v) is 3.36. The lowest BCUT2D eigenvalue weighted by Gasteiger charge is -2.33. The third-order valence-electron chi connectivity index (χ3n) is 4.42. The van der Waals surface area contributed by atoms with Gasteiger partial charge in [0.15, 0.2) is 5.78 Å². The van der Waals surface area contributed by atoms with E-state index >= 15 is 0 Å². The van der Waals surface area contributed by atoms with Crippen molar-refractivity contribution < 1.29 is 9.90 Å². The van der Waals surface area contributed by atoms with Gasteiger partial charge in [0.05, 0.1) is 5.92 Å². The second kappa shape index (κ2) is 5.90. The molecule has 2 heteroatoms. The largest absolute Gasteiger partial charge is 0.380 e. The monoisotopic (exact) mass is 292 g/mol. The molecule has 0 heterocycles. The first-order valence-corrected chi connectivity index (χ1v) is 7.77. The molecule has 22 heavy (non-hydrogen) atoms. The highest BCUT2D eigenvalue weighted by Crippen LogP contribution is 2.48. The molecular formula is C20H20O2. The van der Waals surface area contributed by atoms with Crippen LogP contribution in [0.15, 0.2) is 66.7 Å². The highest BCUT2D eigenvalue weighted by molar-refractivity contribution is 6.07. The number of carbonyl (C=O) groups excluding carboxylic acids is 1. The number of benzene rings is 2. The predicted molar refractivity (Wildman–Crippen MR) is 88.2 cm³/mol. The molecule has 1 N–H and O–H groups in total. The van der Waals surface area contributed by atoms with Gasteiger partial charge < -0.3 is 5.11 Å². The van der Waals surface area contributed by atoms with Crippen LogP contribution >= 0.6 is 0 Å². The lowest BCUT2D eigenvalue weighted by atomic mass is 9.75. The smallest absolute Gasteiger partial charge is 0.162 e. The maximum atomic E-state index is 12.5. The van der Waals surface area contributed by atoms with Gasteiger partial charge in [0.25, 0.3) is 0 Å². The van der Waals surface area contributed by atoms with Crippen LogP contribution in [0.4, 0.5) is 0 Å². The van der Waals surface area contributed by atoms with Crippen molar-refractivity contribution >= 4 is 11.4 Å². The van der Waals surface area contributed by atoms with E-state index in [1.807, 2.05) is 67.6 Å². The Hall–Kier alpha value is -2.19. The van der Waals surface area contributed by atoms with E-state index in [4.69, 9.17) is 0 Å². The highest BCUT2D eigenvalue weighted by Gasteiger charge is 2.49. The third-order valence-corrected chi connectivity index (χ3v) is 4.42. The van der Waals surface area contributed by atoms with Crippen LogP contribution in [0.25, 0.3) is 5.57 Å². The third kappa shape index (κ3) is 2.30. The summed E-state index contributed by atoms with van der Waals surface area (Å²) in [4.78, 5) is 12.5. The van der Waals surface area contributed by atoms with Crippen LogP contribution in [0.5, 0.6) is 0 Å². The van der Waals surface area contributed by atoms with E-state index in [1.165, 1.54) is 0 Å². The Morgan fingerprint density at radius 2 is 1.59 bits per heavy atom. The molecule has 0 aromatic heterocycles. The van der Waals surface area contributed by atoms with Gasteiger partial charge >= 0.3 is 0 Å². The molecular weight excluding hydrogens is 272 g/mol. The van der Waals surface area contributed by atoms with E-state index in [0.29, 0.717) is 12.0 Å². The average molecular weight is 292 g/mol. The molecule has 2 nitrogen and oxygen atoms in total. The van der Waals surface area contributed by atoms with Crippen molar-refractivity contribution in [3.8, 4) is 0 Å². The second-order valence-electron chi connectivity index (χ2n) is 5.80. The van der Waals surface area contributed by atoms with E-state index in [-0.39, 0.29) is 5.78 Å². The molecule has 1 aliphatic rings. The Morgan fingerprint density at radius 3 is 2.18 bits per heavy atom. The van der Waals surface area contributed by atoms with Crippen molar-refractivity contribution in [1.82, 2.24) is 0 Å². The van der Waals surface area contributed by atoms with Gasteiger partial charge in [-0.1, -0.05) is 74.0 Å². The minimum atomic E-state index is -1.24. The Balaban J connectivity index is 2.16. The zero-order valence-electron chi connectivity index (χ0n) is 12.7. The first-order chi connectivity index (χ1) is 10.7. The molecule has 1 aliphatic carbocycles. The Labute approximate surface area is 131 Å². The van der Waals surface area contributed by atoms with Crippen LogP contribution in [0.2, 0.25) is 0 Å². The molecule has 3 rings (SSSR count). The van der Waals surface area contributed by atoms with E-state index in [1.54, 1.807) is 6.08 Å². The van der Waals surface area contributed by atoms with E-state index < -0.39 is 11.5 Å². The molecule has 2 atom stereocenters. The predicted octanol–water partition coefficient (Wildman–Crippen LogP) is 3.96. The van der Waals surface area contributed by atoms with Crippen molar-refractivity contribution in [2.75, 3.05) is 0 Å². The highest BCUT2D eigenvalue weighted by atomic mass is 16.3. The SMILES string of the molecule is CCC[C@@H]1C(=O)C=C(c2ccccc2)[C@@]1(O)c1ccccc1. The minimum Gasteiger partial charge on any atom is -0.380 e. The van der Waals surface area contributed by atoms with Crippen LogP contribution in [0.1, 0.15) is 30.9 Å². The molecule has 0 radical (unpaired) electrons. The van der Waals surface area contributed by atoms with E-state index in [0.717, 1.165) is 17.5 Å². The van der Waals surface area contributed by atoms with Gasteiger partial charge in [0, 0.05) is 0 Å². The van der Waals surface area contributed by atoms with Crippen molar-refractivity contribution in [3.63, 3.8) is 0 Å².